The second kappa shape index (κ2) is 5.18. The summed E-state index contributed by atoms with van der Waals surface area (Å²) in [5, 5.41) is 2.92. The molecule has 2 rings (SSSR count). The third-order valence-corrected chi connectivity index (χ3v) is 4.45. The van der Waals surface area contributed by atoms with Crippen molar-refractivity contribution in [3.8, 4) is 0 Å². The molecule has 1 unspecified atom stereocenters. The molecular weight excluding hydrogens is 295 g/mol. The van der Waals surface area contributed by atoms with Gasteiger partial charge in [0.1, 0.15) is 0 Å². The van der Waals surface area contributed by atoms with Crippen LogP contribution in [0.15, 0.2) is 26.1 Å². The van der Waals surface area contributed by atoms with Crippen LogP contribution in [0.2, 0.25) is 0 Å². The van der Waals surface area contributed by atoms with Crippen LogP contribution in [0.3, 0.4) is 0 Å². The molecule has 96 valence electrons. The number of nitrogens with one attached hydrogen (secondary N) is 1. The number of amides is 1. The Labute approximate surface area is 112 Å². The molecule has 0 saturated heterocycles. The first-order valence-electron chi connectivity index (χ1n) is 5.83. The van der Waals surface area contributed by atoms with Crippen LogP contribution in [0.1, 0.15) is 20.3 Å². The van der Waals surface area contributed by atoms with Gasteiger partial charge >= 0.3 is 112 Å². The molecule has 1 aromatic carbocycles. The molecule has 1 heterocycles. The Hall–Kier alpha value is -1.23. The molecule has 1 aromatic rings. The van der Waals surface area contributed by atoms with E-state index in [0.717, 1.165) is 17.1 Å². The van der Waals surface area contributed by atoms with Crippen molar-refractivity contribution in [1.82, 2.24) is 0 Å². The standard InChI is InChI=1S/C12H16N4OSe/c1-3-12(2,7-13)11(17)14-8-5-4-6-9-10(8)16-18-15-9/h4-6H,3,7,13H2,1-2H3,(H,14,17). The van der Waals surface area contributed by atoms with Gasteiger partial charge in [-0.2, -0.15) is 0 Å². The Bertz CT molecular complexity index is 545. The zero-order valence-electron chi connectivity index (χ0n) is 10.4. The summed E-state index contributed by atoms with van der Waals surface area (Å²) in [6.07, 6.45) is 0.704. The van der Waals surface area contributed by atoms with E-state index in [0.29, 0.717) is 13.0 Å². The average molecular weight is 311 g/mol. The maximum atomic E-state index is 12.2. The van der Waals surface area contributed by atoms with E-state index in [1.807, 2.05) is 32.0 Å². The fraction of sp³-hybridized carbons (Fsp3) is 0.417. The minimum atomic E-state index is -0.538. The molecular formula is C12H16N4OSe. The maximum absolute atomic E-state index is 12.2. The number of carbonyl (C=O) groups is 1. The van der Waals surface area contributed by atoms with Crippen molar-refractivity contribution < 1.29 is 4.79 Å². The second-order valence-corrected chi connectivity index (χ2v) is 5.62. The van der Waals surface area contributed by atoms with Crippen LogP contribution in [0.5, 0.6) is 0 Å². The number of nitrogens with zero attached hydrogens (tertiary/aromatic N) is 2. The van der Waals surface area contributed by atoms with E-state index < -0.39 is 5.41 Å². The van der Waals surface area contributed by atoms with Crippen molar-refractivity contribution in [2.75, 3.05) is 11.9 Å². The van der Waals surface area contributed by atoms with E-state index in [1.165, 1.54) is 0 Å². The van der Waals surface area contributed by atoms with Gasteiger partial charge in [0.25, 0.3) is 0 Å². The average Bonchev–Trinajstić information content (AvgIpc) is 2.87. The van der Waals surface area contributed by atoms with Crippen LogP contribution in [0.4, 0.5) is 17.1 Å². The van der Waals surface area contributed by atoms with Crippen molar-refractivity contribution in [2.45, 2.75) is 20.3 Å². The van der Waals surface area contributed by atoms with Gasteiger partial charge in [-0.1, -0.05) is 0 Å². The van der Waals surface area contributed by atoms with Gasteiger partial charge in [0, 0.05) is 0 Å². The fourth-order valence-electron chi connectivity index (χ4n) is 1.58. The summed E-state index contributed by atoms with van der Waals surface area (Å²) in [4.78, 5) is 12.2. The molecule has 1 atom stereocenters. The molecule has 1 amide bonds. The van der Waals surface area contributed by atoms with Gasteiger partial charge in [-0.3, -0.25) is 0 Å². The molecule has 0 spiro atoms. The van der Waals surface area contributed by atoms with Gasteiger partial charge in [0.2, 0.25) is 0 Å². The Morgan fingerprint density at radius 2 is 2.28 bits per heavy atom. The van der Waals surface area contributed by atoms with Crippen LogP contribution >= 0.6 is 0 Å². The van der Waals surface area contributed by atoms with E-state index in [9.17, 15) is 4.79 Å². The number of anilines is 1. The monoisotopic (exact) mass is 312 g/mol. The van der Waals surface area contributed by atoms with E-state index in [2.05, 4.69) is 13.2 Å². The molecule has 0 fully saturated rings. The molecule has 3 N–H and O–H groups in total. The van der Waals surface area contributed by atoms with Crippen molar-refractivity contribution in [3.05, 3.63) is 18.2 Å². The molecule has 0 saturated carbocycles. The summed E-state index contributed by atoms with van der Waals surface area (Å²) < 4.78 is 8.63. The molecule has 0 bridgehead atoms. The van der Waals surface area contributed by atoms with Crippen LogP contribution in [-0.4, -0.2) is 27.0 Å². The molecule has 6 heteroatoms. The summed E-state index contributed by atoms with van der Waals surface area (Å²) >= 11 is -0.0922. The predicted octanol–water partition coefficient (Wildman–Crippen LogP) is 2.35. The SMILES string of the molecule is CCC(C)(CN)C(=O)Nc1cccc2c1N=[Se]=N2. The van der Waals surface area contributed by atoms with Crippen molar-refractivity contribution >= 4 is 37.5 Å². The molecule has 1 aliphatic rings. The first-order valence-corrected chi connectivity index (χ1v) is 7.37. The molecule has 5 nitrogen and oxygen atoms in total. The van der Waals surface area contributed by atoms with Gasteiger partial charge in [-0.05, 0) is 0 Å². The predicted molar refractivity (Wildman–Crippen MR) is 72.5 cm³/mol. The molecule has 1 aliphatic heterocycles. The third kappa shape index (κ3) is 2.32. The van der Waals surface area contributed by atoms with Gasteiger partial charge < -0.3 is 0 Å². The van der Waals surface area contributed by atoms with Crippen molar-refractivity contribution in [2.24, 2.45) is 19.1 Å². The number of benzene rings is 1. The Morgan fingerprint density at radius 1 is 1.50 bits per heavy atom. The van der Waals surface area contributed by atoms with Gasteiger partial charge in [0.05, 0.1) is 0 Å². The van der Waals surface area contributed by atoms with Crippen LogP contribution in [0, 0.1) is 5.41 Å². The fourth-order valence-corrected chi connectivity index (χ4v) is 2.73. The molecule has 0 radical (unpaired) electrons. The topological polar surface area (TPSA) is 79.8 Å². The number of hydrogen-bond acceptors (Lipinski definition) is 4. The zero-order chi connectivity index (χ0) is 13.2. The quantitative estimate of drug-likeness (QED) is 0.850. The number of nitrogens with two attached hydrogens (primary N) is 1. The summed E-state index contributed by atoms with van der Waals surface area (Å²) in [6.45, 7) is 4.16. The third-order valence-electron chi connectivity index (χ3n) is 3.31. The van der Waals surface area contributed by atoms with Crippen molar-refractivity contribution in [1.29, 1.82) is 0 Å². The van der Waals surface area contributed by atoms with Crippen molar-refractivity contribution in [3.63, 3.8) is 0 Å². The van der Waals surface area contributed by atoms with Crippen LogP contribution in [-0.2, 0) is 4.79 Å². The van der Waals surface area contributed by atoms with Gasteiger partial charge in [-0.25, -0.2) is 0 Å². The first-order chi connectivity index (χ1) is 8.60. The first kappa shape index (κ1) is 13.2. The van der Waals surface area contributed by atoms with E-state index in [-0.39, 0.29) is 20.5 Å². The number of carbonyl (C=O) groups excluding carboxylic acids is 1. The summed E-state index contributed by atoms with van der Waals surface area (Å²) in [5.41, 5.74) is 7.53. The minimum absolute atomic E-state index is 0.0597. The van der Waals surface area contributed by atoms with Gasteiger partial charge in [-0.15, -0.1) is 0 Å². The summed E-state index contributed by atoms with van der Waals surface area (Å²) in [5.74, 6) is -0.0597. The van der Waals surface area contributed by atoms with E-state index in [4.69, 9.17) is 5.73 Å². The molecule has 0 aliphatic carbocycles. The Kier molecular flexibility index (Phi) is 3.80. The normalized spacial score (nSPS) is 15.7. The zero-order valence-corrected chi connectivity index (χ0v) is 12.1. The second-order valence-electron chi connectivity index (χ2n) is 4.51. The van der Waals surface area contributed by atoms with E-state index >= 15 is 0 Å². The van der Waals surface area contributed by atoms with Crippen LogP contribution in [0.25, 0.3) is 0 Å². The molecule has 18 heavy (non-hydrogen) atoms. The summed E-state index contributed by atoms with van der Waals surface area (Å²) in [7, 11) is 0. The Balaban J connectivity index is 2.24. The van der Waals surface area contributed by atoms with Crippen LogP contribution < -0.4 is 11.1 Å². The number of hydrogen-bond donors (Lipinski definition) is 2. The summed E-state index contributed by atoms with van der Waals surface area (Å²) in [6, 6.07) is 5.63. The van der Waals surface area contributed by atoms with E-state index in [1.54, 1.807) is 0 Å². The Morgan fingerprint density at radius 3 is 2.94 bits per heavy atom. The number of fused-ring (bicyclic) bond motifs is 1. The molecule has 0 aromatic heterocycles. The van der Waals surface area contributed by atoms with Gasteiger partial charge in [0.15, 0.2) is 0 Å². The number of rotatable bonds is 4.